The quantitative estimate of drug-likeness (QED) is 0.146. The number of fused-ring (bicyclic) bond motifs is 1. The molecule has 6 nitrogen and oxygen atoms in total. The van der Waals surface area contributed by atoms with E-state index in [-0.39, 0.29) is 6.61 Å². The number of nitrogens with zero attached hydrogens (tertiary/aromatic N) is 1. The summed E-state index contributed by atoms with van der Waals surface area (Å²) in [5, 5.41) is 0. The first-order chi connectivity index (χ1) is 17.0. The molecule has 7 heteroatoms. The Morgan fingerprint density at radius 2 is 1.40 bits per heavy atom. The molecule has 0 aromatic heterocycles. The normalized spacial score (nSPS) is 15.3. The van der Waals surface area contributed by atoms with Crippen LogP contribution in [0.15, 0.2) is 24.3 Å². The van der Waals surface area contributed by atoms with Gasteiger partial charge in [0, 0.05) is 26.2 Å². The van der Waals surface area contributed by atoms with Crippen LogP contribution >= 0.6 is 0 Å². The average molecular weight is 512 g/mol. The van der Waals surface area contributed by atoms with E-state index in [1.54, 1.807) is 0 Å². The van der Waals surface area contributed by atoms with E-state index in [0.717, 1.165) is 32.4 Å². The lowest BCUT2D eigenvalue weighted by Crippen LogP contribution is -2.40. The Morgan fingerprint density at radius 3 is 1.97 bits per heavy atom. The summed E-state index contributed by atoms with van der Waals surface area (Å²) in [5.74, 6) is 0. The molecular formula is C28H49NO5S. The SMILES string of the molecule is CCCCCCCCCCCCCCCCOCC(CN1CCc2ccccc2C1)OS(=O)(=O)O. The van der Waals surface area contributed by atoms with Crippen molar-refractivity contribution in [1.29, 1.82) is 0 Å². The van der Waals surface area contributed by atoms with Crippen LogP contribution in [-0.2, 0) is 32.3 Å². The van der Waals surface area contributed by atoms with E-state index in [0.29, 0.717) is 13.2 Å². The lowest BCUT2D eigenvalue weighted by Gasteiger charge is -2.31. The van der Waals surface area contributed by atoms with E-state index in [9.17, 15) is 13.0 Å². The number of rotatable bonds is 21. The molecule has 0 bridgehead atoms. The van der Waals surface area contributed by atoms with Crippen LogP contribution in [0.5, 0.6) is 0 Å². The monoisotopic (exact) mass is 511 g/mol. The standard InChI is InChI=1S/C28H49NO5S/c1-2-3-4-5-6-7-8-9-10-11-12-13-14-17-22-33-25-28(34-35(30,31)32)24-29-21-20-26-18-15-16-19-27(26)23-29/h15-16,18-19,28H,2-14,17,20-25H2,1H3,(H,30,31,32). The molecule has 1 aromatic carbocycles. The van der Waals surface area contributed by atoms with Crippen LogP contribution in [0.25, 0.3) is 0 Å². The van der Waals surface area contributed by atoms with E-state index >= 15 is 0 Å². The van der Waals surface area contributed by atoms with Gasteiger partial charge in [-0.2, -0.15) is 8.42 Å². The Hall–Kier alpha value is -0.990. The van der Waals surface area contributed by atoms with Crippen LogP contribution in [0.4, 0.5) is 0 Å². The third kappa shape index (κ3) is 15.0. The minimum atomic E-state index is -4.51. The summed E-state index contributed by atoms with van der Waals surface area (Å²) in [6.07, 6.45) is 18.6. The zero-order valence-electron chi connectivity index (χ0n) is 22.0. The van der Waals surface area contributed by atoms with Gasteiger partial charge in [0.25, 0.3) is 0 Å². The average Bonchev–Trinajstić information content (AvgIpc) is 2.82. The molecule has 0 radical (unpaired) electrons. The minimum absolute atomic E-state index is 0.163. The van der Waals surface area contributed by atoms with Crippen LogP contribution in [0, 0.1) is 0 Å². The first-order valence-electron chi connectivity index (χ1n) is 14.0. The molecule has 1 aliphatic heterocycles. The Labute approximate surface area is 214 Å². The van der Waals surface area contributed by atoms with Crippen molar-refractivity contribution in [1.82, 2.24) is 4.90 Å². The Bertz CT molecular complexity index is 770. The van der Waals surface area contributed by atoms with Gasteiger partial charge in [-0.1, -0.05) is 115 Å². The molecule has 0 aliphatic carbocycles. The van der Waals surface area contributed by atoms with E-state index < -0.39 is 16.5 Å². The summed E-state index contributed by atoms with van der Waals surface area (Å²) in [4.78, 5) is 2.16. The number of hydrogen-bond donors (Lipinski definition) is 1. The number of unbranched alkanes of at least 4 members (excludes halogenated alkanes) is 13. The van der Waals surface area contributed by atoms with Crippen molar-refractivity contribution in [2.45, 2.75) is 116 Å². The van der Waals surface area contributed by atoms with Crippen molar-refractivity contribution < 1.29 is 21.9 Å². The van der Waals surface area contributed by atoms with Crippen molar-refractivity contribution in [2.24, 2.45) is 0 Å². The van der Waals surface area contributed by atoms with Crippen molar-refractivity contribution in [3.8, 4) is 0 Å². The fraction of sp³-hybridized carbons (Fsp3) is 0.786. The van der Waals surface area contributed by atoms with Gasteiger partial charge >= 0.3 is 10.4 Å². The Morgan fingerprint density at radius 1 is 0.857 bits per heavy atom. The highest BCUT2D eigenvalue weighted by molar-refractivity contribution is 7.80. The van der Waals surface area contributed by atoms with Crippen molar-refractivity contribution in [3.05, 3.63) is 35.4 Å². The molecule has 0 amide bonds. The molecule has 202 valence electrons. The highest BCUT2D eigenvalue weighted by Gasteiger charge is 2.23. The van der Waals surface area contributed by atoms with Gasteiger partial charge in [0.15, 0.2) is 0 Å². The van der Waals surface area contributed by atoms with Crippen molar-refractivity contribution in [3.63, 3.8) is 0 Å². The molecule has 0 spiro atoms. The third-order valence-electron chi connectivity index (χ3n) is 6.88. The summed E-state index contributed by atoms with van der Waals surface area (Å²) in [5.41, 5.74) is 2.60. The summed E-state index contributed by atoms with van der Waals surface area (Å²) >= 11 is 0. The van der Waals surface area contributed by atoms with Gasteiger partial charge in [-0.25, -0.2) is 4.18 Å². The maximum atomic E-state index is 11.3. The van der Waals surface area contributed by atoms with Gasteiger partial charge in [0.05, 0.1) is 6.61 Å². The topological polar surface area (TPSA) is 76.1 Å². The predicted octanol–water partition coefficient (Wildman–Crippen LogP) is 6.73. The molecule has 1 unspecified atom stereocenters. The largest absolute Gasteiger partial charge is 0.397 e. The molecule has 2 rings (SSSR count). The molecule has 0 saturated carbocycles. The number of benzene rings is 1. The van der Waals surface area contributed by atoms with Crippen LogP contribution in [0.3, 0.4) is 0 Å². The zero-order chi connectivity index (χ0) is 25.2. The summed E-state index contributed by atoms with van der Waals surface area (Å²) in [6, 6.07) is 8.31. The molecule has 0 saturated heterocycles. The molecule has 0 fully saturated rings. The second-order valence-corrected chi connectivity index (χ2v) is 11.1. The van der Waals surface area contributed by atoms with E-state index in [4.69, 9.17) is 8.92 Å². The van der Waals surface area contributed by atoms with Crippen molar-refractivity contribution in [2.75, 3.05) is 26.3 Å². The third-order valence-corrected chi connectivity index (χ3v) is 7.39. The Kier molecular flexibility index (Phi) is 15.8. The van der Waals surface area contributed by atoms with E-state index in [1.807, 2.05) is 12.1 Å². The zero-order valence-corrected chi connectivity index (χ0v) is 22.8. The molecule has 1 heterocycles. The molecule has 1 aromatic rings. The minimum Gasteiger partial charge on any atom is -0.379 e. The van der Waals surface area contributed by atoms with Crippen LogP contribution in [0.2, 0.25) is 0 Å². The van der Waals surface area contributed by atoms with Gasteiger partial charge in [-0.15, -0.1) is 0 Å². The summed E-state index contributed by atoms with van der Waals surface area (Å²) in [6.45, 7) is 5.01. The van der Waals surface area contributed by atoms with Crippen molar-refractivity contribution >= 4 is 10.4 Å². The first kappa shape index (κ1) is 30.2. The van der Waals surface area contributed by atoms with Gasteiger partial charge < -0.3 is 4.74 Å². The maximum absolute atomic E-state index is 11.3. The Balaban J connectivity index is 1.49. The predicted molar refractivity (Wildman–Crippen MR) is 143 cm³/mol. The maximum Gasteiger partial charge on any atom is 0.397 e. The second-order valence-electron chi connectivity index (χ2n) is 10.1. The van der Waals surface area contributed by atoms with Gasteiger partial charge in [0.2, 0.25) is 0 Å². The highest BCUT2D eigenvalue weighted by atomic mass is 32.3. The van der Waals surface area contributed by atoms with Crippen LogP contribution < -0.4 is 0 Å². The lowest BCUT2D eigenvalue weighted by molar-refractivity contribution is 0.0240. The summed E-state index contributed by atoms with van der Waals surface area (Å²) < 4.78 is 42.5. The van der Waals surface area contributed by atoms with E-state index in [1.165, 1.54) is 88.2 Å². The number of ether oxygens (including phenoxy) is 1. The molecule has 1 N–H and O–H groups in total. The lowest BCUT2D eigenvalue weighted by atomic mass is 10.00. The molecule has 35 heavy (non-hydrogen) atoms. The highest BCUT2D eigenvalue weighted by Crippen LogP contribution is 2.19. The van der Waals surface area contributed by atoms with Crippen LogP contribution in [-0.4, -0.2) is 50.3 Å². The smallest absolute Gasteiger partial charge is 0.379 e. The van der Waals surface area contributed by atoms with Gasteiger partial charge in [-0.05, 0) is 24.0 Å². The fourth-order valence-corrected chi connectivity index (χ4v) is 5.35. The second kappa shape index (κ2) is 18.3. The number of hydrogen-bond acceptors (Lipinski definition) is 5. The molecule has 1 aliphatic rings. The molecule has 1 atom stereocenters. The van der Waals surface area contributed by atoms with Gasteiger partial charge in [-0.3, -0.25) is 9.45 Å². The molecular weight excluding hydrogens is 462 g/mol. The first-order valence-corrected chi connectivity index (χ1v) is 15.4. The summed E-state index contributed by atoms with van der Waals surface area (Å²) in [7, 11) is -4.51. The van der Waals surface area contributed by atoms with Crippen LogP contribution in [0.1, 0.15) is 108 Å². The van der Waals surface area contributed by atoms with Gasteiger partial charge in [0.1, 0.15) is 6.10 Å². The van der Waals surface area contributed by atoms with E-state index in [2.05, 4.69) is 24.0 Å². The fourth-order valence-electron chi connectivity index (χ4n) is 4.89.